The number of halogens is 1. The number of carbonyl (C=O) groups is 1. The number of nitrogens with zero attached hydrogens (tertiary/aromatic N) is 2. The van der Waals surface area contributed by atoms with Crippen molar-refractivity contribution in [3.8, 4) is 6.07 Å². The zero-order valence-electron chi connectivity index (χ0n) is 9.82. The average molecular weight is 234 g/mol. The van der Waals surface area contributed by atoms with Gasteiger partial charge in [-0.2, -0.15) is 5.26 Å². The molecule has 0 unspecified atom stereocenters. The maximum atomic E-state index is 13.4. The molecule has 0 aliphatic heterocycles. The molecule has 0 fully saturated rings. The molecule has 0 saturated heterocycles. The smallest absolute Gasteiger partial charge is 0.179 e. The molecule has 0 aliphatic carbocycles. The number of ketones is 1. The van der Waals surface area contributed by atoms with Crippen molar-refractivity contribution in [3.63, 3.8) is 0 Å². The average Bonchev–Trinajstić information content (AvgIpc) is 2.34. The fourth-order valence-electron chi connectivity index (χ4n) is 1.53. The van der Waals surface area contributed by atoms with E-state index in [4.69, 9.17) is 5.26 Å². The third kappa shape index (κ3) is 3.97. The number of hydrogen-bond acceptors (Lipinski definition) is 3. The highest BCUT2D eigenvalue weighted by atomic mass is 19.1. The molecule has 0 amide bonds. The van der Waals surface area contributed by atoms with Gasteiger partial charge in [-0.1, -0.05) is 19.1 Å². The van der Waals surface area contributed by atoms with Crippen molar-refractivity contribution < 1.29 is 9.18 Å². The van der Waals surface area contributed by atoms with Gasteiger partial charge in [0, 0.05) is 13.0 Å². The van der Waals surface area contributed by atoms with Crippen molar-refractivity contribution in [2.75, 3.05) is 19.6 Å². The summed E-state index contributed by atoms with van der Waals surface area (Å²) in [7, 11) is 0. The molecule has 0 saturated carbocycles. The van der Waals surface area contributed by atoms with Crippen molar-refractivity contribution >= 4 is 5.78 Å². The zero-order valence-corrected chi connectivity index (χ0v) is 9.82. The van der Waals surface area contributed by atoms with Crippen LogP contribution in [0, 0.1) is 17.1 Å². The second-order valence-corrected chi connectivity index (χ2v) is 3.68. The van der Waals surface area contributed by atoms with Gasteiger partial charge in [0.05, 0.1) is 18.2 Å². The highest BCUT2D eigenvalue weighted by molar-refractivity contribution is 5.97. The van der Waals surface area contributed by atoms with Gasteiger partial charge in [-0.15, -0.1) is 0 Å². The lowest BCUT2D eigenvalue weighted by Crippen LogP contribution is -2.31. The van der Waals surface area contributed by atoms with Gasteiger partial charge in [-0.05, 0) is 18.7 Å². The van der Waals surface area contributed by atoms with Crippen LogP contribution >= 0.6 is 0 Å². The second kappa shape index (κ2) is 6.77. The van der Waals surface area contributed by atoms with Crippen molar-refractivity contribution in [2.45, 2.75) is 13.3 Å². The first-order valence-electron chi connectivity index (χ1n) is 5.56. The van der Waals surface area contributed by atoms with E-state index in [1.807, 2.05) is 17.9 Å². The van der Waals surface area contributed by atoms with E-state index in [0.29, 0.717) is 19.5 Å². The number of hydrogen-bond donors (Lipinski definition) is 0. The standard InChI is InChI=1S/C13H15FN2O/c1-2-16(9-5-8-15)10-13(17)11-6-3-4-7-12(11)14/h3-4,6-7H,2,5,9-10H2,1H3. The van der Waals surface area contributed by atoms with E-state index >= 15 is 0 Å². The SMILES string of the molecule is CCN(CCC#N)CC(=O)c1ccccc1F. The van der Waals surface area contributed by atoms with E-state index in [-0.39, 0.29) is 17.9 Å². The van der Waals surface area contributed by atoms with E-state index in [0.717, 1.165) is 0 Å². The van der Waals surface area contributed by atoms with Crippen LogP contribution < -0.4 is 0 Å². The van der Waals surface area contributed by atoms with Crippen LogP contribution in [0.15, 0.2) is 24.3 Å². The maximum Gasteiger partial charge on any atom is 0.179 e. The molecular weight excluding hydrogens is 219 g/mol. The Hall–Kier alpha value is -1.73. The Kier molecular flexibility index (Phi) is 5.31. The Morgan fingerprint density at radius 1 is 1.47 bits per heavy atom. The summed E-state index contributed by atoms with van der Waals surface area (Å²) < 4.78 is 13.4. The van der Waals surface area contributed by atoms with Crippen LogP contribution in [-0.4, -0.2) is 30.3 Å². The third-order valence-corrected chi connectivity index (χ3v) is 2.53. The van der Waals surface area contributed by atoms with Crippen molar-refractivity contribution in [3.05, 3.63) is 35.6 Å². The van der Waals surface area contributed by atoms with E-state index in [9.17, 15) is 9.18 Å². The van der Waals surface area contributed by atoms with E-state index in [2.05, 4.69) is 0 Å². The summed E-state index contributed by atoms with van der Waals surface area (Å²) in [4.78, 5) is 13.7. The monoisotopic (exact) mass is 234 g/mol. The molecule has 4 heteroatoms. The summed E-state index contributed by atoms with van der Waals surface area (Å²) >= 11 is 0. The number of nitriles is 1. The molecule has 1 aromatic rings. The minimum atomic E-state index is -0.492. The molecule has 3 nitrogen and oxygen atoms in total. The lowest BCUT2D eigenvalue weighted by Gasteiger charge is -2.17. The van der Waals surface area contributed by atoms with Gasteiger partial charge in [0.2, 0.25) is 0 Å². The molecule has 1 aromatic carbocycles. The first-order chi connectivity index (χ1) is 8.19. The molecule has 17 heavy (non-hydrogen) atoms. The van der Waals surface area contributed by atoms with E-state index < -0.39 is 5.82 Å². The van der Waals surface area contributed by atoms with E-state index in [1.54, 1.807) is 12.1 Å². The molecule has 0 spiro atoms. The highest BCUT2D eigenvalue weighted by Gasteiger charge is 2.14. The lowest BCUT2D eigenvalue weighted by molar-refractivity contribution is 0.0931. The Morgan fingerprint density at radius 3 is 2.76 bits per heavy atom. The van der Waals surface area contributed by atoms with Crippen LogP contribution in [0.1, 0.15) is 23.7 Å². The normalized spacial score (nSPS) is 10.2. The molecule has 1 rings (SSSR count). The molecule has 0 N–H and O–H groups in total. The summed E-state index contributed by atoms with van der Waals surface area (Å²) in [5.41, 5.74) is 0.114. The fourth-order valence-corrected chi connectivity index (χ4v) is 1.53. The van der Waals surface area contributed by atoms with Gasteiger partial charge in [-0.25, -0.2) is 4.39 Å². The molecule has 0 bridgehead atoms. The van der Waals surface area contributed by atoms with Crippen LogP contribution in [-0.2, 0) is 0 Å². The van der Waals surface area contributed by atoms with Gasteiger partial charge >= 0.3 is 0 Å². The number of Topliss-reactive ketones (excluding diaryl/α,β-unsaturated/α-hetero) is 1. The van der Waals surface area contributed by atoms with Crippen LogP contribution in [0.25, 0.3) is 0 Å². The molecule has 0 aromatic heterocycles. The lowest BCUT2D eigenvalue weighted by atomic mass is 10.1. The largest absolute Gasteiger partial charge is 0.295 e. The molecule has 0 atom stereocenters. The first-order valence-corrected chi connectivity index (χ1v) is 5.56. The zero-order chi connectivity index (χ0) is 12.7. The van der Waals surface area contributed by atoms with Crippen LogP contribution in [0.4, 0.5) is 4.39 Å². The summed E-state index contributed by atoms with van der Waals surface area (Å²) in [5, 5.41) is 8.48. The van der Waals surface area contributed by atoms with Gasteiger partial charge in [-0.3, -0.25) is 9.69 Å². The van der Waals surface area contributed by atoms with Gasteiger partial charge in [0.15, 0.2) is 5.78 Å². The fraction of sp³-hybridized carbons (Fsp3) is 0.385. The van der Waals surface area contributed by atoms with Gasteiger partial charge < -0.3 is 0 Å². The summed E-state index contributed by atoms with van der Waals surface area (Å²) in [6.45, 7) is 3.26. The molecule has 0 aliphatic rings. The number of likely N-dealkylation sites (N-methyl/N-ethyl adjacent to an activating group) is 1. The molecule has 90 valence electrons. The molecule has 0 radical (unpaired) electrons. The van der Waals surface area contributed by atoms with Crippen molar-refractivity contribution in [2.24, 2.45) is 0 Å². The first kappa shape index (κ1) is 13.3. The highest BCUT2D eigenvalue weighted by Crippen LogP contribution is 2.08. The minimum absolute atomic E-state index is 0.114. The topological polar surface area (TPSA) is 44.1 Å². The number of benzene rings is 1. The van der Waals surface area contributed by atoms with E-state index in [1.165, 1.54) is 12.1 Å². The minimum Gasteiger partial charge on any atom is -0.295 e. The third-order valence-electron chi connectivity index (χ3n) is 2.53. The summed E-state index contributed by atoms with van der Waals surface area (Å²) in [6.07, 6.45) is 0.373. The predicted molar refractivity (Wildman–Crippen MR) is 63.1 cm³/mol. The predicted octanol–water partition coefficient (Wildman–Crippen LogP) is 2.24. The Bertz CT molecular complexity index is 426. The van der Waals surface area contributed by atoms with Crippen LogP contribution in [0.5, 0.6) is 0 Å². The quantitative estimate of drug-likeness (QED) is 0.709. The van der Waals surface area contributed by atoms with Gasteiger partial charge in [0.25, 0.3) is 0 Å². The maximum absolute atomic E-state index is 13.4. The Morgan fingerprint density at radius 2 is 2.18 bits per heavy atom. The van der Waals surface area contributed by atoms with Gasteiger partial charge in [0.1, 0.15) is 5.82 Å². The molecular formula is C13H15FN2O. The number of carbonyl (C=O) groups excluding carboxylic acids is 1. The van der Waals surface area contributed by atoms with Crippen LogP contribution in [0.3, 0.4) is 0 Å². The summed E-state index contributed by atoms with van der Waals surface area (Å²) in [6, 6.07) is 7.98. The Balaban J connectivity index is 2.65. The summed E-state index contributed by atoms with van der Waals surface area (Å²) in [5.74, 6) is -0.739. The van der Waals surface area contributed by atoms with Crippen molar-refractivity contribution in [1.29, 1.82) is 5.26 Å². The number of rotatable bonds is 6. The molecule has 0 heterocycles. The van der Waals surface area contributed by atoms with Crippen LogP contribution in [0.2, 0.25) is 0 Å². The Labute approximate surface area is 100 Å². The van der Waals surface area contributed by atoms with Crippen molar-refractivity contribution in [1.82, 2.24) is 4.90 Å². The second-order valence-electron chi connectivity index (χ2n) is 3.68.